The van der Waals surface area contributed by atoms with Crippen molar-refractivity contribution in [2.75, 3.05) is 13.7 Å². The van der Waals surface area contributed by atoms with Gasteiger partial charge in [0.1, 0.15) is 5.75 Å². The summed E-state index contributed by atoms with van der Waals surface area (Å²) in [6.45, 7) is -0.0405. The van der Waals surface area contributed by atoms with Gasteiger partial charge >= 0.3 is 5.97 Å². The number of rotatable bonds is 5. The van der Waals surface area contributed by atoms with E-state index in [1.54, 1.807) is 24.3 Å². The van der Waals surface area contributed by atoms with Gasteiger partial charge < -0.3 is 14.8 Å². The maximum Gasteiger partial charge on any atom is 0.337 e. The Hall–Kier alpha value is -2.04. The highest BCUT2D eigenvalue weighted by atomic mass is 16.5. The Kier molecular flexibility index (Phi) is 3.82. The second-order valence-corrected chi connectivity index (χ2v) is 4.15. The van der Waals surface area contributed by atoms with Gasteiger partial charge in [-0.2, -0.15) is 0 Å². The van der Waals surface area contributed by atoms with Gasteiger partial charge in [-0.05, 0) is 31.0 Å². The molecular formula is C13H15NO4. The summed E-state index contributed by atoms with van der Waals surface area (Å²) >= 11 is 0. The molecule has 0 bridgehead atoms. The van der Waals surface area contributed by atoms with E-state index in [-0.39, 0.29) is 12.5 Å². The summed E-state index contributed by atoms with van der Waals surface area (Å²) in [5.41, 5.74) is 0.401. The van der Waals surface area contributed by atoms with Crippen LogP contribution in [0.15, 0.2) is 24.3 Å². The minimum Gasteiger partial charge on any atom is -0.484 e. The van der Waals surface area contributed by atoms with Crippen LogP contribution in [0.25, 0.3) is 0 Å². The van der Waals surface area contributed by atoms with Crippen molar-refractivity contribution in [2.24, 2.45) is 0 Å². The first-order valence-electron chi connectivity index (χ1n) is 5.79. The Morgan fingerprint density at radius 2 is 2.17 bits per heavy atom. The molecule has 2 rings (SSSR count). The van der Waals surface area contributed by atoms with E-state index < -0.39 is 5.97 Å². The Morgan fingerprint density at radius 1 is 1.39 bits per heavy atom. The number of methoxy groups -OCH3 is 1. The fourth-order valence-electron chi connectivity index (χ4n) is 1.48. The number of hydrogen-bond donors (Lipinski definition) is 1. The SMILES string of the molecule is COC(=O)c1cccc(OCC(=O)NC2CC2)c1. The molecule has 0 spiro atoms. The number of carbonyl (C=O) groups is 2. The molecule has 5 nitrogen and oxygen atoms in total. The first-order valence-corrected chi connectivity index (χ1v) is 5.79. The zero-order valence-corrected chi connectivity index (χ0v) is 10.1. The molecule has 1 aliphatic carbocycles. The Labute approximate surface area is 105 Å². The highest BCUT2D eigenvalue weighted by Crippen LogP contribution is 2.18. The highest BCUT2D eigenvalue weighted by molar-refractivity contribution is 5.89. The third-order valence-electron chi connectivity index (χ3n) is 2.57. The van der Waals surface area contributed by atoms with Gasteiger partial charge in [0, 0.05) is 6.04 Å². The normalized spacial score (nSPS) is 13.8. The minimum atomic E-state index is -0.428. The summed E-state index contributed by atoms with van der Waals surface area (Å²) in [6.07, 6.45) is 2.09. The molecule has 5 heteroatoms. The molecule has 0 aromatic heterocycles. The zero-order valence-electron chi connectivity index (χ0n) is 10.1. The van der Waals surface area contributed by atoms with Crippen LogP contribution in [0.2, 0.25) is 0 Å². The number of ether oxygens (including phenoxy) is 2. The molecule has 1 aliphatic rings. The van der Waals surface area contributed by atoms with Crippen LogP contribution in [0, 0.1) is 0 Å². The number of benzene rings is 1. The van der Waals surface area contributed by atoms with E-state index in [1.807, 2.05) is 0 Å². The number of esters is 1. The molecule has 1 aromatic carbocycles. The molecule has 0 heterocycles. The first kappa shape index (κ1) is 12.4. The Morgan fingerprint density at radius 3 is 2.83 bits per heavy atom. The van der Waals surface area contributed by atoms with Crippen molar-refractivity contribution in [3.05, 3.63) is 29.8 Å². The van der Waals surface area contributed by atoms with Gasteiger partial charge in [0.2, 0.25) is 0 Å². The Bertz CT molecular complexity index is 454. The number of amides is 1. The maximum atomic E-state index is 11.4. The smallest absolute Gasteiger partial charge is 0.337 e. The lowest BCUT2D eigenvalue weighted by atomic mass is 10.2. The molecule has 1 N–H and O–H groups in total. The minimum absolute atomic E-state index is 0.0405. The molecule has 0 radical (unpaired) electrons. The van der Waals surface area contributed by atoms with Gasteiger partial charge in [0.05, 0.1) is 12.7 Å². The van der Waals surface area contributed by atoms with Crippen LogP contribution in [0.4, 0.5) is 0 Å². The summed E-state index contributed by atoms with van der Waals surface area (Å²) < 4.78 is 9.92. The number of nitrogens with one attached hydrogen (secondary N) is 1. The fourth-order valence-corrected chi connectivity index (χ4v) is 1.48. The van der Waals surface area contributed by atoms with Crippen molar-refractivity contribution in [3.8, 4) is 5.75 Å². The molecule has 1 amide bonds. The molecular weight excluding hydrogens is 234 g/mol. The van der Waals surface area contributed by atoms with E-state index in [1.165, 1.54) is 7.11 Å². The van der Waals surface area contributed by atoms with Gasteiger partial charge in [-0.15, -0.1) is 0 Å². The van der Waals surface area contributed by atoms with Crippen molar-refractivity contribution >= 4 is 11.9 Å². The molecule has 1 fully saturated rings. The highest BCUT2D eigenvalue weighted by Gasteiger charge is 2.23. The van der Waals surface area contributed by atoms with Crippen molar-refractivity contribution in [1.29, 1.82) is 0 Å². The first-order chi connectivity index (χ1) is 8.69. The van der Waals surface area contributed by atoms with Gasteiger partial charge in [0.25, 0.3) is 5.91 Å². The van der Waals surface area contributed by atoms with E-state index in [0.717, 1.165) is 12.8 Å². The topological polar surface area (TPSA) is 64.6 Å². The molecule has 0 saturated heterocycles. The van der Waals surface area contributed by atoms with Gasteiger partial charge in [-0.1, -0.05) is 6.07 Å². The van der Waals surface area contributed by atoms with Crippen molar-refractivity contribution in [1.82, 2.24) is 5.32 Å². The molecule has 0 atom stereocenters. The maximum absolute atomic E-state index is 11.4. The average molecular weight is 249 g/mol. The molecule has 1 aromatic rings. The Balaban J connectivity index is 1.88. The van der Waals surface area contributed by atoms with Gasteiger partial charge in [-0.25, -0.2) is 4.79 Å². The van der Waals surface area contributed by atoms with Crippen LogP contribution < -0.4 is 10.1 Å². The van der Waals surface area contributed by atoms with Gasteiger partial charge in [-0.3, -0.25) is 4.79 Å². The standard InChI is InChI=1S/C13H15NO4/c1-17-13(16)9-3-2-4-11(7-9)18-8-12(15)14-10-5-6-10/h2-4,7,10H,5-6,8H2,1H3,(H,14,15). The van der Waals surface area contributed by atoms with Crippen LogP contribution in [-0.4, -0.2) is 31.6 Å². The molecule has 96 valence electrons. The predicted molar refractivity (Wildman–Crippen MR) is 64.4 cm³/mol. The van der Waals surface area contributed by atoms with Crippen LogP contribution >= 0.6 is 0 Å². The van der Waals surface area contributed by atoms with E-state index in [9.17, 15) is 9.59 Å². The summed E-state index contributed by atoms with van der Waals surface area (Å²) in [4.78, 5) is 22.7. The van der Waals surface area contributed by atoms with Crippen LogP contribution in [0.3, 0.4) is 0 Å². The monoisotopic (exact) mass is 249 g/mol. The molecule has 18 heavy (non-hydrogen) atoms. The average Bonchev–Trinajstić information content (AvgIpc) is 3.19. The van der Waals surface area contributed by atoms with E-state index in [4.69, 9.17) is 4.74 Å². The lowest BCUT2D eigenvalue weighted by Gasteiger charge is -2.07. The van der Waals surface area contributed by atoms with E-state index in [2.05, 4.69) is 10.1 Å². The lowest BCUT2D eigenvalue weighted by Crippen LogP contribution is -2.30. The summed E-state index contributed by atoms with van der Waals surface area (Å²) in [7, 11) is 1.32. The fraction of sp³-hybridized carbons (Fsp3) is 0.385. The van der Waals surface area contributed by atoms with Crippen molar-refractivity contribution in [3.63, 3.8) is 0 Å². The number of carbonyl (C=O) groups excluding carboxylic acids is 2. The summed E-state index contributed by atoms with van der Waals surface area (Å²) in [5, 5.41) is 2.82. The van der Waals surface area contributed by atoms with E-state index in [0.29, 0.717) is 17.4 Å². The van der Waals surface area contributed by atoms with E-state index >= 15 is 0 Å². The molecule has 0 unspecified atom stereocenters. The zero-order chi connectivity index (χ0) is 13.0. The van der Waals surface area contributed by atoms with Crippen molar-refractivity contribution in [2.45, 2.75) is 18.9 Å². The third kappa shape index (κ3) is 3.48. The van der Waals surface area contributed by atoms with Crippen LogP contribution in [0.5, 0.6) is 5.75 Å². The second-order valence-electron chi connectivity index (χ2n) is 4.15. The van der Waals surface area contributed by atoms with Crippen LogP contribution in [-0.2, 0) is 9.53 Å². The predicted octanol–water partition coefficient (Wildman–Crippen LogP) is 1.13. The second kappa shape index (κ2) is 5.53. The number of hydrogen-bond acceptors (Lipinski definition) is 4. The quantitative estimate of drug-likeness (QED) is 0.794. The third-order valence-corrected chi connectivity index (χ3v) is 2.57. The molecule has 1 saturated carbocycles. The summed E-state index contributed by atoms with van der Waals surface area (Å²) in [6, 6.07) is 6.87. The lowest BCUT2D eigenvalue weighted by molar-refractivity contribution is -0.123. The largest absolute Gasteiger partial charge is 0.484 e. The van der Waals surface area contributed by atoms with Gasteiger partial charge in [0.15, 0.2) is 6.61 Å². The molecule has 0 aliphatic heterocycles. The van der Waals surface area contributed by atoms with Crippen molar-refractivity contribution < 1.29 is 19.1 Å². The summed E-state index contributed by atoms with van der Waals surface area (Å²) in [5.74, 6) is -0.0901. The van der Waals surface area contributed by atoms with Crippen LogP contribution in [0.1, 0.15) is 23.2 Å².